The Kier molecular flexibility index (Phi) is 2.85. The highest BCUT2D eigenvalue weighted by atomic mass is 19.0. The number of pyridine rings is 1. The Hall–Kier alpha value is -0.920. The van der Waals surface area contributed by atoms with Crippen LogP contribution in [0.15, 0.2) is 30.6 Å². The average Bonchev–Trinajstić information content (AvgIpc) is 1.72. The number of hydrogen-bond acceptors (Lipinski definition) is 1. The highest BCUT2D eigenvalue weighted by Crippen LogP contribution is 1.73. The van der Waals surface area contributed by atoms with Gasteiger partial charge in [-0.2, -0.15) is 0 Å². The van der Waals surface area contributed by atoms with Crippen LogP contribution < -0.4 is 0 Å². The molecule has 0 fully saturated rings. The minimum absolute atomic E-state index is 0. The summed E-state index contributed by atoms with van der Waals surface area (Å²) in [5.74, 6) is 0. The van der Waals surface area contributed by atoms with E-state index in [1.54, 1.807) is 12.4 Å². The molecule has 0 aliphatic rings. The van der Waals surface area contributed by atoms with Crippen LogP contribution in [0.2, 0.25) is 0 Å². The van der Waals surface area contributed by atoms with Crippen LogP contribution in [0.4, 0.5) is 4.70 Å². The molecule has 0 saturated carbocycles. The number of nitrogens with zero attached hydrogens (tertiary/aromatic N) is 1. The first-order valence-electron chi connectivity index (χ1n) is 1.85. The molecule has 7 heavy (non-hydrogen) atoms. The van der Waals surface area contributed by atoms with E-state index < -0.39 is 0 Å². The van der Waals surface area contributed by atoms with Gasteiger partial charge in [-0.3, -0.25) is 9.69 Å². The average molecular weight is 102 g/mol. The fraction of sp³-hybridized carbons (Fsp3) is 0. The lowest BCUT2D eigenvalue weighted by atomic mass is 10.5. The Labute approximate surface area is 45.8 Å². The van der Waals surface area contributed by atoms with Gasteiger partial charge in [-0.15, -0.1) is 0 Å². The third-order valence-electron chi connectivity index (χ3n) is 0.566. The zero-order valence-electron chi connectivity index (χ0n) is 6.74. The molecule has 0 aliphatic carbocycles. The van der Waals surface area contributed by atoms with E-state index in [0.717, 1.165) is 0 Å². The zero-order valence-corrected chi connectivity index (χ0v) is 3.74. The van der Waals surface area contributed by atoms with Gasteiger partial charge in [0, 0.05) is 12.4 Å². The van der Waals surface area contributed by atoms with Gasteiger partial charge in [0.15, 0.2) is 0 Å². The number of aromatic nitrogens is 1. The summed E-state index contributed by atoms with van der Waals surface area (Å²) in [5, 5.41) is 0. The maximum absolute atomic E-state index is 3.78. The maximum atomic E-state index is 3.78. The molecule has 1 nitrogen and oxygen atoms in total. The lowest BCUT2D eigenvalue weighted by Gasteiger charge is -1.70. The van der Waals surface area contributed by atoms with Gasteiger partial charge >= 0.3 is 4.28 Å². The van der Waals surface area contributed by atoms with Crippen molar-refractivity contribution < 1.29 is 8.98 Å². The molecule has 0 spiro atoms. The van der Waals surface area contributed by atoms with Crippen LogP contribution in [-0.2, 0) is 0 Å². The molecule has 1 heterocycles. The standard InChI is InChI=1S/C5H5N.FH/c1-2-4-6-5-3-1;/h1-5H;1H/p+3. The first-order chi connectivity index (χ1) is 3.00. The van der Waals surface area contributed by atoms with E-state index in [9.17, 15) is 0 Å². The van der Waals surface area contributed by atoms with Crippen molar-refractivity contribution in [3.05, 3.63) is 30.6 Å². The van der Waals surface area contributed by atoms with Crippen LogP contribution in [-0.4, -0.2) is 4.98 Å². The van der Waals surface area contributed by atoms with Crippen LogP contribution in [0.25, 0.3) is 0 Å². The molecule has 0 radical (unpaired) electrons. The number of rotatable bonds is 0. The van der Waals surface area contributed by atoms with E-state index in [2.05, 4.69) is 4.98 Å². The molecule has 0 bridgehead atoms. The van der Waals surface area contributed by atoms with Crippen molar-refractivity contribution in [3.8, 4) is 0 Å². The van der Waals surface area contributed by atoms with Crippen molar-refractivity contribution in [2.24, 2.45) is 0 Å². The van der Waals surface area contributed by atoms with Gasteiger partial charge in [0.25, 0.3) is 0 Å². The lowest BCUT2D eigenvalue weighted by molar-refractivity contribution is 1.11. The van der Waals surface area contributed by atoms with Crippen molar-refractivity contribution in [1.29, 1.82) is 0 Å². The molecule has 0 amide bonds. The van der Waals surface area contributed by atoms with Crippen LogP contribution in [0.3, 0.4) is 0 Å². The summed E-state index contributed by atoms with van der Waals surface area (Å²) in [6.07, 6.45) is 3.50. The monoisotopic (exact) mass is 102 g/mol. The van der Waals surface area contributed by atoms with Crippen molar-refractivity contribution in [1.82, 2.24) is 4.98 Å². The van der Waals surface area contributed by atoms with Gasteiger partial charge in [-0.1, -0.05) is 6.07 Å². The van der Waals surface area contributed by atoms with Gasteiger partial charge < -0.3 is 0 Å². The van der Waals surface area contributed by atoms with Gasteiger partial charge in [0.05, 0.1) is 0 Å². The molecule has 0 aliphatic heterocycles. The fourth-order valence-electron chi connectivity index (χ4n) is 0.313. The zero-order chi connectivity index (χ0) is 4.24. The molecule has 0 atom stereocenters. The fourth-order valence-corrected chi connectivity index (χ4v) is 0.313. The molecule has 2 heteroatoms. The van der Waals surface area contributed by atoms with Crippen molar-refractivity contribution in [2.45, 2.75) is 0 Å². The maximum Gasteiger partial charge on any atom is 1.00 e. The summed E-state index contributed by atoms with van der Waals surface area (Å²) in [7, 11) is 0. The van der Waals surface area contributed by atoms with Gasteiger partial charge in [-0.25, -0.2) is 0 Å². The highest BCUT2D eigenvalue weighted by Gasteiger charge is 1.58. The SMILES string of the molecule is F.[H+].[H+].[H+].c1ccncc1. The number of halogens is 1. The van der Waals surface area contributed by atoms with E-state index in [0.29, 0.717) is 0 Å². The van der Waals surface area contributed by atoms with Crippen molar-refractivity contribution >= 4 is 0 Å². The van der Waals surface area contributed by atoms with Crippen molar-refractivity contribution in [2.75, 3.05) is 0 Å². The Morgan fingerprint density at radius 2 is 1.57 bits per heavy atom. The molecule has 0 unspecified atom stereocenters. The van der Waals surface area contributed by atoms with Crippen LogP contribution in [0.1, 0.15) is 4.28 Å². The second kappa shape index (κ2) is 3.28. The summed E-state index contributed by atoms with van der Waals surface area (Å²) in [6, 6.07) is 5.72. The normalized spacial score (nSPS) is 6.86. The summed E-state index contributed by atoms with van der Waals surface area (Å²) in [5.41, 5.74) is 0. The van der Waals surface area contributed by atoms with E-state index in [1.807, 2.05) is 18.2 Å². The van der Waals surface area contributed by atoms with Gasteiger partial charge in [0.2, 0.25) is 0 Å². The lowest BCUT2D eigenvalue weighted by Crippen LogP contribution is -1.58. The third-order valence-corrected chi connectivity index (χ3v) is 0.566. The Morgan fingerprint density at radius 1 is 1.00 bits per heavy atom. The molecular formula is C5H9FN+3. The predicted octanol–water partition coefficient (Wildman–Crippen LogP) is 1.57. The van der Waals surface area contributed by atoms with Crippen LogP contribution in [0.5, 0.6) is 0 Å². The summed E-state index contributed by atoms with van der Waals surface area (Å²) in [6.45, 7) is 0. The Balaban J connectivity index is -0.0000000450. The highest BCUT2D eigenvalue weighted by molar-refractivity contribution is 4.88. The van der Waals surface area contributed by atoms with E-state index in [1.165, 1.54) is 0 Å². The summed E-state index contributed by atoms with van der Waals surface area (Å²) < 4.78 is 0. The van der Waals surface area contributed by atoms with E-state index in [4.69, 9.17) is 0 Å². The third kappa shape index (κ3) is 1.87. The second-order valence-electron chi connectivity index (χ2n) is 1.02. The first kappa shape index (κ1) is 6.08. The van der Waals surface area contributed by atoms with E-state index >= 15 is 0 Å². The minimum atomic E-state index is 0. The van der Waals surface area contributed by atoms with Crippen molar-refractivity contribution in [3.63, 3.8) is 0 Å². The Morgan fingerprint density at radius 3 is 1.71 bits per heavy atom. The summed E-state index contributed by atoms with van der Waals surface area (Å²) >= 11 is 0. The summed E-state index contributed by atoms with van der Waals surface area (Å²) in [4.78, 5) is 3.78. The quantitative estimate of drug-likeness (QED) is 0.484. The molecule has 1 aromatic rings. The smallest absolute Gasteiger partial charge is 0.269 e. The van der Waals surface area contributed by atoms with Gasteiger partial charge in [0.1, 0.15) is 0 Å². The van der Waals surface area contributed by atoms with E-state index in [-0.39, 0.29) is 8.98 Å². The predicted molar refractivity (Wildman–Crippen MR) is 30.1 cm³/mol. The minimum Gasteiger partial charge on any atom is -0.269 e. The molecule has 1 rings (SSSR count). The topological polar surface area (TPSA) is 12.9 Å². The van der Waals surface area contributed by atoms with Crippen LogP contribution in [0, 0.1) is 0 Å². The molecular weight excluding hydrogens is 93.1 g/mol. The molecule has 0 saturated heterocycles. The Bertz CT molecular complexity index is 88.8. The number of hydrogen-bond donors (Lipinski definition) is 0. The molecule has 1 aromatic heterocycles. The first-order valence-corrected chi connectivity index (χ1v) is 1.85. The largest absolute Gasteiger partial charge is 1.00 e. The van der Waals surface area contributed by atoms with Crippen LogP contribution >= 0.6 is 0 Å². The second-order valence-corrected chi connectivity index (χ2v) is 1.02. The van der Waals surface area contributed by atoms with Gasteiger partial charge in [-0.05, 0) is 12.1 Å². The molecule has 0 aromatic carbocycles. The molecule has 38 valence electrons. The molecule has 0 N–H and O–H groups in total.